The van der Waals surface area contributed by atoms with Crippen LogP contribution in [0.1, 0.15) is 19.8 Å². The molecule has 0 amide bonds. The highest BCUT2D eigenvalue weighted by Gasteiger charge is 2.36. The molecule has 1 aromatic rings. The zero-order valence-corrected chi connectivity index (χ0v) is 9.85. The lowest BCUT2D eigenvalue weighted by atomic mass is 10.1. The Morgan fingerprint density at radius 1 is 1.53 bits per heavy atom. The first-order chi connectivity index (χ1) is 8.22. The number of rotatable bonds is 6. The smallest absolute Gasteiger partial charge is 0.326 e. The molecular formula is C13H17NO3. The van der Waals surface area contributed by atoms with Crippen molar-refractivity contribution in [2.75, 3.05) is 11.9 Å². The molecule has 2 rings (SSSR count). The highest BCUT2D eigenvalue weighted by atomic mass is 16.5. The molecule has 1 aliphatic carbocycles. The van der Waals surface area contributed by atoms with E-state index in [2.05, 4.69) is 5.32 Å². The molecule has 0 aliphatic heterocycles. The number of para-hydroxylation sites is 2. The number of carbonyl (C=O) groups is 1. The summed E-state index contributed by atoms with van der Waals surface area (Å²) in [5.41, 5.74) is 0.758. The van der Waals surface area contributed by atoms with Gasteiger partial charge in [0.15, 0.2) is 0 Å². The zero-order valence-electron chi connectivity index (χ0n) is 9.85. The Bertz CT molecular complexity index is 401. The van der Waals surface area contributed by atoms with Gasteiger partial charge in [-0.2, -0.15) is 0 Å². The third-order valence-corrected chi connectivity index (χ3v) is 2.86. The molecule has 92 valence electrons. The van der Waals surface area contributed by atoms with E-state index in [1.54, 1.807) is 0 Å². The van der Waals surface area contributed by atoms with Crippen LogP contribution in [0.4, 0.5) is 5.69 Å². The van der Waals surface area contributed by atoms with E-state index in [4.69, 9.17) is 9.84 Å². The van der Waals surface area contributed by atoms with Gasteiger partial charge in [0.25, 0.3) is 0 Å². The van der Waals surface area contributed by atoms with Gasteiger partial charge in [0, 0.05) is 0 Å². The van der Waals surface area contributed by atoms with Gasteiger partial charge in [0.1, 0.15) is 11.8 Å². The summed E-state index contributed by atoms with van der Waals surface area (Å²) in [6, 6.07) is 6.94. The van der Waals surface area contributed by atoms with Crippen LogP contribution >= 0.6 is 0 Å². The van der Waals surface area contributed by atoms with E-state index in [0.29, 0.717) is 12.4 Å². The third kappa shape index (κ3) is 2.90. The number of ether oxygens (including phenoxy) is 1. The lowest BCUT2D eigenvalue weighted by molar-refractivity contribution is -0.138. The van der Waals surface area contributed by atoms with E-state index in [0.717, 1.165) is 18.5 Å². The number of aliphatic carboxylic acids is 1. The highest BCUT2D eigenvalue weighted by molar-refractivity contribution is 5.79. The van der Waals surface area contributed by atoms with E-state index in [1.165, 1.54) is 0 Å². The minimum atomic E-state index is -0.793. The van der Waals surface area contributed by atoms with Crippen LogP contribution in [0.15, 0.2) is 24.3 Å². The van der Waals surface area contributed by atoms with E-state index >= 15 is 0 Å². The Balaban J connectivity index is 2.13. The van der Waals surface area contributed by atoms with Gasteiger partial charge in [-0.3, -0.25) is 0 Å². The molecule has 17 heavy (non-hydrogen) atoms. The summed E-state index contributed by atoms with van der Waals surface area (Å²) >= 11 is 0. The van der Waals surface area contributed by atoms with Crippen LogP contribution in [0.5, 0.6) is 5.75 Å². The van der Waals surface area contributed by atoms with Crippen molar-refractivity contribution in [2.45, 2.75) is 25.8 Å². The van der Waals surface area contributed by atoms with Gasteiger partial charge in [-0.15, -0.1) is 0 Å². The molecule has 0 spiro atoms. The fourth-order valence-electron chi connectivity index (χ4n) is 1.85. The summed E-state index contributed by atoms with van der Waals surface area (Å²) < 4.78 is 5.46. The third-order valence-electron chi connectivity index (χ3n) is 2.86. The largest absolute Gasteiger partial charge is 0.492 e. The Kier molecular flexibility index (Phi) is 3.52. The SMILES string of the molecule is CCOc1ccccc1NC(C(=O)O)C1CC1. The second kappa shape index (κ2) is 5.08. The summed E-state index contributed by atoms with van der Waals surface area (Å²) in [6.45, 7) is 2.48. The molecule has 0 heterocycles. The summed E-state index contributed by atoms with van der Waals surface area (Å²) in [5, 5.41) is 12.2. The first kappa shape index (κ1) is 11.8. The first-order valence-electron chi connectivity index (χ1n) is 5.93. The van der Waals surface area contributed by atoms with E-state index in [1.807, 2.05) is 31.2 Å². The van der Waals surface area contributed by atoms with Gasteiger partial charge < -0.3 is 15.2 Å². The van der Waals surface area contributed by atoms with Crippen LogP contribution in [-0.2, 0) is 4.79 Å². The number of anilines is 1. The minimum Gasteiger partial charge on any atom is -0.492 e. The molecule has 0 radical (unpaired) electrons. The molecule has 1 atom stereocenters. The molecule has 4 heteroatoms. The molecule has 0 aromatic heterocycles. The lowest BCUT2D eigenvalue weighted by Crippen LogP contribution is -2.31. The number of nitrogens with one attached hydrogen (secondary N) is 1. The second-order valence-corrected chi connectivity index (χ2v) is 4.23. The standard InChI is InChI=1S/C13H17NO3/c1-2-17-11-6-4-3-5-10(11)14-12(13(15)16)9-7-8-9/h3-6,9,12,14H,2,7-8H2,1H3,(H,15,16). The van der Waals surface area contributed by atoms with Crippen molar-refractivity contribution in [3.8, 4) is 5.75 Å². The van der Waals surface area contributed by atoms with Gasteiger partial charge in [0.05, 0.1) is 12.3 Å². The van der Waals surface area contributed by atoms with Crippen molar-refractivity contribution in [1.82, 2.24) is 0 Å². The van der Waals surface area contributed by atoms with Crippen molar-refractivity contribution in [3.05, 3.63) is 24.3 Å². The van der Waals surface area contributed by atoms with Crippen LogP contribution in [-0.4, -0.2) is 23.7 Å². The molecule has 0 saturated heterocycles. The van der Waals surface area contributed by atoms with E-state index in [9.17, 15) is 4.79 Å². The Morgan fingerprint density at radius 3 is 2.82 bits per heavy atom. The number of hydrogen-bond acceptors (Lipinski definition) is 3. The molecule has 0 bridgehead atoms. The molecule has 1 saturated carbocycles. The number of carboxylic acids is 1. The molecule has 2 N–H and O–H groups in total. The monoisotopic (exact) mass is 235 g/mol. The highest BCUT2D eigenvalue weighted by Crippen LogP contribution is 2.36. The van der Waals surface area contributed by atoms with Crippen molar-refractivity contribution in [1.29, 1.82) is 0 Å². The molecular weight excluding hydrogens is 218 g/mol. The fourth-order valence-corrected chi connectivity index (χ4v) is 1.85. The minimum absolute atomic E-state index is 0.252. The van der Waals surface area contributed by atoms with Crippen molar-refractivity contribution < 1.29 is 14.6 Å². The number of carboxylic acid groups (broad SMARTS) is 1. The maximum Gasteiger partial charge on any atom is 0.326 e. The van der Waals surface area contributed by atoms with Gasteiger partial charge in [-0.05, 0) is 37.8 Å². The van der Waals surface area contributed by atoms with Gasteiger partial charge in [-0.1, -0.05) is 12.1 Å². The van der Waals surface area contributed by atoms with Gasteiger partial charge >= 0.3 is 5.97 Å². The van der Waals surface area contributed by atoms with Crippen LogP contribution in [0.3, 0.4) is 0 Å². The van der Waals surface area contributed by atoms with Crippen LogP contribution in [0.2, 0.25) is 0 Å². The quantitative estimate of drug-likeness (QED) is 0.794. The summed E-state index contributed by atoms with van der Waals surface area (Å²) in [6.07, 6.45) is 1.97. The van der Waals surface area contributed by atoms with Crippen molar-refractivity contribution in [2.24, 2.45) is 5.92 Å². The van der Waals surface area contributed by atoms with Crippen LogP contribution in [0, 0.1) is 5.92 Å². The molecule has 1 unspecified atom stereocenters. The van der Waals surface area contributed by atoms with E-state index in [-0.39, 0.29) is 5.92 Å². The predicted octanol–water partition coefficient (Wildman–Crippen LogP) is 2.36. The molecule has 4 nitrogen and oxygen atoms in total. The van der Waals surface area contributed by atoms with Gasteiger partial charge in [0.2, 0.25) is 0 Å². The average Bonchev–Trinajstić information content (AvgIpc) is 3.12. The zero-order chi connectivity index (χ0) is 12.3. The van der Waals surface area contributed by atoms with Crippen molar-refractivity contribution >= 4 is 11.7 Å². The number of hydrogen-bond donors (Lipinski definition) is 2. The molecule has 1 fully saturated rings. The van der Waals surface area contributed by atoms with Crippen molar-refractivity contribution in [3.63, 3.8) is 0 Å². The Labute approximate surface area is 101 Å². The van der Waals surface area contributed by atoms with Crippen LogP contribution < -0.4 is 10.1 Å². The van der Waals surface area contributed by atoms with Gasteiger partial charge in [-0.25, -0.2) is 4.79 Å². The topological polar surface area (TPSA) is 58.6 Å². The Morgan fingerprint density at radius 2 is 2.24 bits per heavy atom. The normalized spacial score (nSPS) is 16.3. The maximum absolute atomic E-state index is 11.2. The summed E-state index contributed by atoms with van der Waals surface area (Å²) in [5.74, 6) is 0.169. The fraction of sp³-hybridized carbons (Fsp3) is 0.462. The first-order valence-corrected chi connectivity index (χ1v) is 5.93. The predicted molar refractivity (Wildman–Crippen MR) is 65.4 cm³/mol. The van der Waals surface area contributed by atoms with Crippen LogP contribution in [0.25, 0.3) is 0 Å². The molecule has 1 aromatic carbocycles. The maximum atomic E-state index is 11.2. The number of benzene rings is 1. The Hall–Kier alpha value is -1.71. The lowest BCUT2D eigenvalue weighted by Gasteiger charge is -2.17. The summed E-state index contributed by atoms with van der Waals surface area (Å²) in [7, 11) is 0. The van der Waals surface area contributed by atoms with E-state index < -0.39 is 12.0 Å². The molecule has 1 aliphatic rings. The average molecular weight is 235 g/mol. The second-order valence-electron chi connectivity index (χ2n) is 4.23. The summed E-state index contributed by atoms with van der Waals surface area (Å²) in [4.78, 5) is 11.2.